The van der Waals surface area contributed by atoms with E-state index in [0.29, 0.717) is 5.92 Å². The van der Waals surface area contributed by atoms with Crippen LogP contribution in [0, 0.1) is 0 Å². The number of nitrogens with zero attached hydrogens (tertiary/aromatic N) is 3. The van der Waals surface area contributed by atoms with Gasteiger partial charge < -0.3 is 14.0 Å². The predicted octanol–water partition coefficient (Wildman–Crippen LogP) is 2.17. The zero-order valence-electron chi connectivity index (χ0n) is 13.5. The maximum Gasteiger partial charge on any atom is 0.119 e. The largest absolute Gasteiger partial charge is 0.497 e. The number of methoxy groups -OCH3 is 2. The Morgan fingerprint density at radius 1 is 1.32 bits per heavy atom. The summed E-state index contributed by atoms with van der Waals surface area (Å²) in [5, 5.41) is 0. The molecule has 5 nitrogen and oxygen atoms in total. The van der Waals surface area contributed by atoms with Gasteiger partial charge in [0, 0.05) is 45.4 Å². The summed E-state index contributed by atoms with van der Waals surface area (Å²) in [6.07, 6.45) is 1.91. The van der Waals surface area contributed by atoms with Crippen LogP contribution in [0.1, 0.15) is 22.9 Å². The number of fused-ring (bicyclic) bond motifs is 1. The zero-order valence-corrected chi connectivity index (χ0v) is 13.5. The van der Waals surface area contributed by atoms with Gasteiger partial charge in [-0.1, -0.05) is 12.1 Å². The number of ether oxygens (including phenoxy) is 2. The smallest absolute Gasteiger partial charge is 0.119 e. The van der Waals surface area contributed by atoms with Crippen molar-refractivity contribution in [3.63, 3.8) is 0 Å². The molecule has 1 aromatic heterocycles. The molecule has 0 amide bonds. The lowest BCUT2D eigenvalue weighted by molar-refractivity contribution is 0.132. The van der Waals surface area contributed by atoms with Crippen LogP contribution in [0.25, 0.3) is 0 Å². The lowest BCUT2D eigenvalue weighted by atomic mass is 9.98. The minimum atomic E-state index is 0.367. The molecule has 0 bridgehead atoms. The highest BCUT2D eigenvalue weighted by Crippen LogP contribution is 2.28. The number of benzene rings is 1. The zero-order chi connectivity index (χ0) is 15.5. The van der Waals surface area contributed by atoms with E-state index in [2.05, 4.69) is 33.6 Å². The van der Waals surface area contributed by atoms with E-state index < -0.39 is 0 Å². The molecular formula is C17H23N3O2. The normalized spacial score (nSPS) is 18.2. The first-order valence-electron chi connectivity index (χ1n) is 7.55. The fraction of sp³-hybridized carbons (Fsp3) is 0.471. The second-order valence-electron chi connectivity index (χ2n) is 5.86. The molecule has 2 heterocycles. The average Bonchev–Trinajstić information content (AvgIpc) is 2.89. The van der Waals surface area contributed by atoms with Crippen molar-refractivity contribution in [1.29, 1.82) is 0 Å². The van der Waals surface area contributed by atoms with E-state index in [1.807, 2.05) is 18.5 Å². The summed E-state index contributed by atoms with van der Waals surface area (Å²) >= 11 is 0. The summed E-state index contributed by atoms with van der Waals surface area (Å²) < 4.78 is 12.8. The van der Waals surface area contributed by atoms with Crippen molar-refractivity contribution in [3.8, 4) is 5.75 Å². The summed E-state index contributed by atoms with van der Waals surface area (Å²) in [4.78, 5) is 6.98. The Bertz CT molecular complexity index is 639. The van der Waals surface area contributed by atoms with Crippen LogP contribution in [0.4, 0.5) is 0 Å². The molecule has 0 saturated heterocycles. The van der Waals surface area contributed by atoms with Crippen LogP contribution < -0.4 is 4.74 Å². The van der Waals surface area contributed by atoms with Crippen molar-refractivity contribution < 1.29 is 9.47 Å². The molecule has 1 aromatic carbocycles. The van der Waals surface area contributed by atoms with Crippen LogP contribution in [0.5, 0.6) is 5.75 Å². The van der Waals surface area contributed by atoms with Gasteiger partial charge in [0.2, 0.25) is 0 Å². The maximum absolute atomic E-state index is 5.41. The molecule has 1 aliphatic heterocycles. The van der Waals surface area contributed by atoms with Crippen molar-refractivity contribution in [2.75, 3.05) is 27.4 Å². The molecule has 118 valence electrons. The quantitative estimate of drug-likeness (QED) is 0.848. The van der Waals surface area contributed by atoms with Crippen LogP contribution in [0.3, 0.4) is 0 Å². The molecule has 1 atom stereocenters. The van der Waals surface area contributed by atoms with Crippen molar-refractivity contribution in [2.24, 2.45) is 7.05 Å². The molecule has 0 radical (unpaired) electrons. The standard InChI is InChI=1S/C17H23N3O2/c1-19-12-18-16-10-20(9-14(11-21-2)17(16)19)8-13-5-4-6-15(7-13)22-3/h4-7,12,14H,8-11H2,1-3H3/t14-/m1/s1. The Labute approximate surface area is 131 Å². The fourth-order valence-corrected chi connectivity index (χ4v) is 3.29. The van der Waals surface area contributed by atoms with E-state index >= 15 is 0 Å². The Kier molecular flexibility index (Phi) is 4.45. The summed E-state index contributed by atoms with van der Waals surface area (Å²) in [5.41, 5.74) is 3.73. The van der Waals surface area contributed by atoms with Crippen molar-refractivity contribution in [2.45, 2.75) is 19.0 Å². The first kappa shape index (κ1) is 15.1. The van der Waals surface area contributed by atoms with E-state index in [-0.39, 0.29) is 0 Å². The molecule has 0 spiro atoms. The number of aryl methyl sites for hydroxylation is 1. The van der Waals surface area contributed by atoms with E-state index in [9.17, 15) is 0 Å². The molecule has 0 saturated carbocycles. The van der Waals surface area contributed by atoms with Gasteiger partial charge in [-0.2, -0.15) is 0 Å². The van der Waals surface area contributed by atoms with Crippen molar-refractivity contribution in [1.82, 2.24) is 14.5 Å². The van der Waals surface area contributed by atoms with Gasteiger partial charge in [0.05, 0.1) is 25.7 Å². The van der Waals surface area contributed by atoms with Crippen LogP contribution in [-0.4, -0.2) is 41.8 Å². The summed E-state index contributed by atoms with van der Waals surface area (Å²) in [7, 11) is 5.53. The topological polar surface area (TPSA) is 39.5 Å². The van der Waals surface area contributed by atoms with Crippen LogP contribution in [-0.2, 0) is 24.9 Å². The molecule has 1 aliphatic rings. The molecule has 3 rings (SSSR count). The first-order chi connectivity index (χ1) is 10.7. The highest BCUT2D eigenvalue weighted by molar-refractivity contribution is 5.29. The van der Waals surface area contributed by atoms with Gasteiger partial charge in [-0.05, 0) is 17.7 Å². The van der Waals surface area contributed by atoms with Gasteiger partial charge in [0.25, 0.3) is 0 Å². The van der Waals surface area contributed by atoms with Gasteiger partial charge >= 0.3 is 0 Å². The lowest BCUT2D eigenvalue weighted by Crippen LogP contribution is -2.35. The molecule has 0 unspecified atom stereocenters. The second-order valence-corrected chi connectivity index (χ2v) is 5.86. The van der Waals surface area contributed by atoms with Crippen LogP contribution >= 0.6 is 0 Å². The van der Waals surface area contributed by atoms with Crippen LogP contribution in [0.2, 0.25) is 0 Å². The van der Waals surface area contributed by atoms with Gasteiger partial charge in [-0.25, -0.2) is 4.98 Å². The SMILES string of the molecule is COC[C@H]1CN(Cc2cccc(OC)c2)Cc2ncn(C)c21. The van der Waals surface area contributed by atoms with Gasteiger partial charge in [-0.3, -0.25) is 4.90 Å². The molecule has 5 heteroatoms. The maximum atomic E-state index is 5.41. The molecule has 2 aromatic rings. The predicted molar refractivity (Wildman–Crippen MR) is 84.9 cm³/mol. The van der Waals surface area contributed by atoms with E-state index in [0.717, 1.165) is 32.0 Å². The number of hydrogen-bond acceptors (Lipinski definition) is 4. The highest BCUT2D eigenvalue weighted by atomic mass is 16.5. The summed E-state index contributed by atoms with van der Waals surface area (Å²) in [6, 6.07) is 8.25. The lowest BCUT2D eigenvalue weighted by Gasteiger charge is -2.32. The van der Waals surface area contributed by atoms with Crippen molar-refractivity contribution >= 4 is 0 Å². The van der Waals surface area contributed by atoms with Gasteiger partial charge in [-0.15, -0.1) is 0 Å². The third-order valence-electron chi connectivity index (χ3n) is 4.21. The Balaban J connectivity index is 1.78. The summed E-state index contributed by atoms with van der Waals surface area (Å²) in [5.74, 6) is 1.27. The van der Waals surface area contributed by atoms with Crippen molar-refractivity contribution in [3.05, 3.63) is 47.5 Å². The second kappa shape index (κ2) is 6.50. The Morgan fingerprint density at radius 2 is 2.18 bits per heavy atom. The van der Waals surface area contributed by atoms with Crippen LogP contribution in [0.15, 0.2) is 30.6 Å². The van der Waals surface area contributed by atoms with E-state index in [1.54, 1.807) is 14.2 Å². The number of aromatic nitrogens is 2. The molecular weight excluding hydrogens is 278 g/mol. The van der Waals surface area contributed by atoms with Gasteiger partial charge in [0.1, 0.15) is 5.75 Å². The molecule has 0 aliphatic carbocycles. The average molecular weight is 301 g/mol. The number of hydrogen-bond donors (Lipinski definition) is 0. The highest BCUT2D eigenvalue weighted by Gasteiger charge is 2.28. The molecule has 0 N–H and O–H groups in total. The minimum Gasteiger partial charge on any atom is -0.497 e. The number of imidazole rings is 1. The third-order valence-corrected chi connectivity index (χ3v) is 4.21. The monoisotopic (exact) mass is 301 g/mol. The van der Waals surface area contributed by atoms with E-state index in [1.165, 1.54) is 17.0 Å². The molecule has 0 fully saturated rings. The third kappa shape index (κ3) is 3.00. The Morgan fingerprint density at radius 3 is 2.95 bits per heavy atom. The van der Waals surface area contributed by atoms with Gasteiger partial charge in [0.15, 0.2) is 0 Å². The first-order valence-corrected chi connectivity index (χ1v) is 7.55. The van der Waals surface area contributed by atoms with E-state index in [4.69, 9.17) is 9.47 Å². The number of rotatable bonds is 5. The fourth-order valence-electron chi connectivity index (χ4n) is 3.29. The molecule has 22 heavy (non-hydrogen) atoms. The Hall–Kier alpha value is -1.85. The summed E-state index contributed by atoms with van der Waals surface area (Å²) in [6.45, 7) is 3.49. The minimum absolute atomic E-state index is 0.367.